The molecule has 0 unspecified atom stereocenters. The van der Waals surface area contributed by atoms with Crippen molar-refractivity contribution in [1.29, 1.82) is 0 Å². The fraction of sp³-hybridized carbons (Fsp3) is 0.192. The van der Waals surface area contributed by atoms with Gasteiger partial charge in [0.15, 0.2) is 5.76 Å². The summed E-state index contributed by atoms with van der Waals surface area (Å²) >= 11 is 5.98. The molecule has 0 fully saturated rings. The van der Waals surface area contributed by atoms with E-state index in [4.69, 9.17) is 25.8 Å². The van der Waals surface area contributed by atoms with Crippen LogP contribution in [0.3, 0.4) is 0 Å². The Morgan fingerprint density at radius 1 is 1.09 bits per heavy atom. The summed E-state index contributed by atoms with van der Waals surface area (Å²) in [6.07, 6.45) is 2.61. The molecule has 6 heteroatoms. The Morgan fingerprint density at radius 2 is 1.91 bits per heavy atom. The summed E-state index contributed by atoms with van der Waals surface area (Å²) in [4.78, 5) is 15.2. The van der Waals surface area contributed by atoms with Crippen LogP contribution >= 0.6 is 11.6 Å². The average Bonchev–Trinajstić information content (AvgIpc) is 3.14. The van der Waals surface area contributed by atoms with Crippen LogP contribution in [0, 0.1) is 0 Å². The van der Waals surface area contributed by atoms with Gasteiger partial charge in [0.25, 0.3) is 0 Å². The van der Waals surface area contributed by atoms with Gasteiger partial charge in [-0.15, -0.1) is 0 Å². The molecule has 162 valence electrons. The highest BCUT2D eigenvalue weighted by atomic mass is 35.5. The Hall–Kier alpha value is -3.28. The van der Waals surface area contributed by atoms with Gasteiger partial charge in [-0.05, 0) is 48.4 Å². The SMILES string of the molecule is COc1ccccc1/C=C1\Oc2c(ccc3c2CN(CCc2ccc(Cl)cc2)CO3)C1=O. The zero-order valence-electron chi connectivity index (χ0n) is 17.6. The van der Waals surface area contributed by atoms with Gasteiger partial charge in [-0.25, -0.2) is 0 Å². The van der Waals surface area contributed by atoms with Gasteiger partial charge in [0.05, 0.1) is 18.2 Å². The Bertz CT molecular complexity index is 1200. The number of hydrogen-bond donors (Lipinski definition) is 0. The quantitative estimate of drug-likeness (QED) is 0.493. The Balaban J connectivity index is 1.37. The minimum atomic E-state index is -0.132. The van der Waals surface area contributed by atoms with Gasteiger partial charge < -0.3 is 14.2 Å². The first-order valence-electron chi connectivity index (χ1n) is 10.4. The van der Waals surface area contributed by atoms with E-state index in [1.54, 1.807) is 19.3 Å². The van der Waals surface area contributed by atoms with Gasteiger partial charge >= 0.3 is 0 Å². The maximum absolute atomic E-state index is 13.0. The van der Waals surface area contributed by atoms with Crippen LogP contribution < -0.4 is 14.2 Å². The number of hydrogen-bond acceptors (Lipinski definition) is 5. The first kappa shape index (κ1) is 20.6. The largest absolute Gasteiger partial charge is 0.496 e. The number of nitrogens with zero attached hydrogens (tertiary/aromatic N) is 1. The van der Waals surface area contributed by atoms with Crippen molar-refractivity contribution < 1.29 is 19.0 Å². The predicted molar refractivity (Wildman–Crippen MR) is 123 cm³/mol. The van der Waals surface area contributed by atoms with Crippen molar-refractivity contribution >= 4 is 23.5 Å². The highest BCUT2D eigenvalue weighted by molar-refractivity contribution is 6.30. The molecule has 2 aliphatic rings. The molecule has 0 N–H and O–H groups in total. The molecule has 0 atom stereocenters. The molecule has 0 aromatic heterocycles. The summed E-state index contributed by atoms with van der Waals surface area (Å²) in [6, 6.07) is 19.1. The normalized spacial score (nSPS) is 16.3. The molecular weight excluding hydrogens is 426 g/mol. The van der Waals surface area contributed by atoms with Crippen LogP contribution in [0.25, 0.3) is 6.08 Å². The molecule has 0 aliphatic carbocycles. The third kappa shape index (κ3) is 3.97. The predicted octanol–water partition coefficient (Wildman–Crippen LogP) is 5.36. The van der Waals surface area contributed by atoms with Crippen molar-refractivity contribution in [3.8, 4) is 17.2 Å². The first-order chi connectivity index (χ1) is 15.6. The number of allylic oxidation sites excluding steroid dienone is 1. The molecule has 5 nitrogen and oxygen atoms in total. The standard InChI is InChI=1S/C26H22ClNO4/c1-30-22-5-3-2-4-18(22)14-24-25(29)20-10-11-23-21(26(20)32-24)15-28(16-31-23)13-12-17-6-8-19(27)9-7-17/h2-11,14H,12-13,15-16H2,1H3/b24-14-. The summed E-state index contributed by atoms with van der Waals surface area (Å²) in [7, 11) is 1.61. The monoisotopic (exact) mass is 447 g/mol. The number of Topliss-reactive ketones (excluding diaryl/α,β-unsaturated/α-hetero) is 1. The van der Waals surface area contributed by atoms with Crippen molar-refractivity contribution in [2.45, 2.75) is 13.0 Å². The van der Waals surface area contributed by atoms with Crippen molar-refractivity contribution in [1.82, 2.24) is 4.90 Å². The van der Waals surface area contributed by atoms with E-state index in [0.717, 1.165) is 34.9 Å². The lowest BCUT2D eigenvalue weighted by Gasteiger charge is -2.29. The second kappa shape index (κ2) is 8.69. The van der Waals surface area contributed by atoms with Gasteiger partial charge in [0, 0.05) is 23.7 Å². The third-order valence-electron chi connectivity index (χ3n) is 5.74. The van der Waals surface area contributed by atoms with Crippen LogP contribution in [0.5, 0.6) is 17.2 Å². The van der Waals surface area contributed by atoms with Gasteiger partial charge in [-0.1, -0.05) is 41.9 Å². The van der Waals surface area contributed by atoms with Gasteiger partial charge in [-0.3, -0.25) is 9.69 Å². The van der Waals surface area contributed by atoms with Crippen LogP contribution in [0.4, 0.5) is 0 Å². The Kier molecular flexibility index (Phi) is 5.60. The van der Waals surface area contributed by atoms with Crippen LogP contribution in [0.15, 0.2) is 66.4 Å². The summed E-state index contributed by atoms with van der Waals surface area (Å²) in [5, 5.41) is 0.735. The molecular formula is C26H22ClNO4. The van der Waals surface area contributed by atoms with E-state index in [0.29, 0.717) is 30.3 Å². The minimum Gasteiger partial charge on any atom is -0.496 e. The average molecular weight is 448 g/mol. The number of benzene rings is 3. The molecule has 5 rings (SSSR count). The lowest BCUT2D eigenvalue weighted by molar-refractivity contribution is 0.0950. The fourth-order valence-electron chi connectivity index (χ4n) is 4.01. The maximum atomic E-state index is 13.0. The van der Waals surface area contributed by atoms with E-state index in [1.807, 2.05) is 54.6 Å². The number of carbonyl (C=O) groups is 1. The number of ketones is 1. The number of para-hydroxylation sites is 1. The molecule has 0 radical (unpaired) electrons. The van der Waals surface area contributed by atoms with Crippen molar-refractivity contribution in [2.75, 3.05) is 20.4 Å². The molecule has 3 aromatic carbocycles. The van der Waals surface area contributed by atoms with Gasteiger partial charge in [0.1, 0.15) is 24.0 Å². The van der Waals surface area contributed by atoms with E-state index in [1.165, 1.54) is 5.56 Å². The lowest BCUT2D eigenvalue weighted by atomic mass is 10.0. The zero-order chi connectivity index (χ0) is 22.1. The summed E-state index contributed by atoms with van der Waals surface area (Å²) < 4.78 is 17.4. The fourth-order valence-corrected chi connectivity index (χ4v) is 4.14. The zero-order valence-corrected chi connectivity index (χ0v) is 18.4. The highest BCUT2D eigenvalue weighted by Gasteiger charge is 2.33. The van der Waals surface area contributed by atoms with Crippen molar-refractivity contribution in [3.05, 3.63) is 93.7 Å². The van der Waals surface area contributed by atoms with E-state index in [-0.39, 0.29) is 11.5 Å². The van der Waals surface area contributed by atoms with Gasteiger partial charge in [-0.2, -0.15) is 0 Å². The molecule has 0 spiro atoms. The Labute approximate surface area is 191 Å². The molecule has 2 aliphatic heterocycles. The molecule has 3 aromatic rings. The van der Waals surface area contributed by atoms with E-state index < -0.39 is 0 Å². The molecule has 0 saturated carbocycles. The minimum absolute atomic E-state index is 0.132. The second-order valence-electron chi connectivity index (χ2n) is 7.80. The van der Waals surface area contributed by atoms with Crippen LogP contribution in [0.1, 0.15) is 27.0 Å². The number of carbonyl (C=O) groups excluding carboxylic acids is 1. The van der Waals surface area contributed by atoms with Crippen molar-refractivity contribution in [2.24, 2.45) is 0 Å². The number of ether oxygens (including phenoxy) is 3. The van der Waals surface area contributed by atoms with Gasteiger partial charge in [0.2, 0.25) is 5.78 Å². The number of rotatable bonds is 5. The second-order valence-corrected chi connectivity index (χ2v) is 8.24. The Morgan fingerprint density at radius 3 is 2.72 bits per heavy atom. The summed E-state index contributed by atoms with van der Waals surface area (Å²) in [6.45, 7) is 1.97. The molecule has 0 amide bonds. The van der Waals surface area contributed by atoms with E-state index in [2.05, 4.69) is 4.90 Å². The molecule has 0 saturated heterocycles. The topological polar surface area (TPSA) is 48.0 Å². The maximum Gasteiger partial charge on any atom is 0.231 e. The van der Waals surface area contributed by atoms with E-state index in [9.17, 15) is 4.79 Å². The summed E-state index contributed by atoms with van der Waals surface area (Å²) in [5.74, 6) is 2.19. The molecule has 32 heavy (non-hydrogen) atoms. The van der Waals surface area contributed by atoms with Crippen molar-refractivity contribution in [3.63, 3.8) is 0 Å². The van der Waals surface area contributed by atoms with E-state index >= 15 is 0 Å². The molecule has 0 bridgehead atoms. The summed E-state index contributed by atoms with van der Waals surface area (Å²) in [5.41, 5.74) is 3.47. The first-order valence-corrected chi connectivity index (χ1v) is 10.8. The molecule has 2 heterocycles. The number of fused-ring (bicyclic) bond motifs is 3. The van der Waals surface area contributed by atoms with Crippen LogP contribution in [-0.4, -0.2) is 31.1 Å². The number of methoxy groups -OCH3 is 1. The third-order valence-corrected chi connectivity index (χ3v) is 5.99. The van der Waals surface area contributed by atoms with Crippen LogP contribution in [0.2, 0.25) is 5.02 Å². The smallest absolute Gasteiger partial charge is 0.231 e. The lowest BCUT2D eigenvalue weighted by Crippen LogP contribution is -2.33. The number of halogens is 1. The van der Waals surface area contributed by atoms with Crippen LogP contribution in [-0.2, 0) is 13.0 Å². The highest BCUT2D eigenvalue weighted by Crippen LogP contribution is 2.42.